The van der Waals surface area contributed by atoms with Gasteiger partial charge in [0.1, 0.15) is 5.75 Å². The molecule has 1 heterocycles. The van der Waals surface area contributed by atoms with E-state index in [1.54, 1.807) is 24.4 Å². The van der Waals surface area contributed by atoms with Gasteiger partial charge in [-0.25, -0.2) is 0 Å². The van der Waals surface area contributed by atoms with Crippen molar-refractivity contribution in [3.05, 3.63) is 64.2 Å². The van der Waals surface area contributed by atoms with Crippen LogP contribution in [0.25, 0.3) is 10.9 Å². The van der Waals surface area contributed by atoms with Gasteiger partial charge in [0.25, 0.3) is 5.91 Å². The fraction of sp³-hybridized carbons (Fsp3) is 0.0588. The molecule has 3 aromatic rings. The molecule has 0 aliphatic carbocycles. The minimum Gasteiger partial charge on any atom is -0.483 e. The number of carbonyl (C=O) groups is 1. The van der Waals surface area contributed by atoms with Gasteiger partial charge >= 0.3 is 0 Å². The van der Waals surface area contributed by atoms with Crippen LogP contribution in [0.2, 0.25) is 5.02 Å². The van der Waals surface area contributed by atoms with Crippen molar-refractivity contribution in [3.8, 4) is 5.75 Å². The third kappa shape index (κ3) is 3.81. The van der Waals surface area contributed by atoms with Crippen molar-refractivity contribution in [2.24, 2.45) is 0 Å². The summed E-state index contributed by atoms with van der Waals surface area (Å²) in [4.78, 5) is 16.4. The first-order chi connectivity index (χ1) is 11.1. The van der Waals surface area contributed by atoms with E-state index in [4.69, 9.17) is 16.3 Å². The molecule has 0 spiro atoms. The number of anilines is 1. The van der Waals surface area contributed by atoms with Crippen LogP contribution in [0, 0.1) is 0 Å². The number of nitrogens with zero attached hydrogens (tertiary/aromatic N) is 1. The molecule has 1 N–H and O–H groups in total. The van der Waals surface area contributed by atoms with Crippen LogP contribution in [0.5, 0.6) is 5.75 Å². The number of halogens is 2. The molecule has 0 saturated carbocycles. The molecule has 2 aromatic carbocycles. The zero-order valence-electron chi connectivity index (χ0n) is 11.9. The fourth-order valence-corrected chi connectivity index (χ4v) is 2.92. The maximum Gasteiger partial charge on any atom is 0.262 e. The van der Waals surface area contributed by atoms with E-state index in [1.807, 2.05) is 30.3 Å². The average Bonchev–Trinajstić information content (AvgIpc) is 2.54. The highest BCUT2D eigenvalue weighted by Gasteiger charge is 2.09. The zero-order valence-corrected chi connectivity index (χ0v) is 14.3. The third-order valence-electron chi connectivity index (χ3n) is 3.16. The van der Waals surface area contributed by atoms with E-state index in [9.17, 15) is 4.79 Å². The molecule has 1 aromatic heterocycles. The second-order valence-corrected chi connectivity index (χ2v) is 6.08. The molecule has 0 atom stereocenters. The Hall–Kier alpha value is -2.11. The van der Waals surface area contributed by atoms with E-state index < -0.39 is 0 Å². The maximum atomic E-state index is 12.1. The molecule has 4 nitrogen and oxygen atoms in total. The second kappa shape index (κ2) is 6.98. The molecule has 6 heteroatoms. The first-order valence-corrected chi connectivity index (χ1v) is 8.02. The van der Waals surface area contributed by atoms with E-state index in [2.05, 4.69) is 26.2 Å². The molecule has 0 saturated heterocycles. The molecule has 0 unspecified atom stereocenters. The number of rotatable bonds is 4. The largest absolute Gasteiger partial charge is 0.483 e. The smallest absolute Gasteiger partial charge is 0.262 e. The molecule has 0 fully saturated rings. The van der Waals surface area contributed by atoms with E-state index in [1.165, 1.54) is 0 Å². The molecule has 0 aliphatic rings. The van der Waals surface area contributed by atoms with Crippen LogP contribution >= 0.6 is 27.5 Å². The standard InChI is InChI=1S/C17H12BrClN2O2/c18-13-9-12(19)6-7-15(13)23-10-16(22)21-14-5-1-3-11-4-2-8-20-17(11)14/h1-9H,10H2,(H,21,22). The van der Waals surface area contributed by atoms with Crippen molar-refractivity contribution < 1.29 is 9.53 Å². The summed E-state index contributed by atoms with van der Waals surface area (Å²) in [6, 6.07) is 14.5. The summed E-state index contributed by atoms with van der Waals surface area (Å²) in [6.45, 7) is -0.108. The molecular weight excluding hydrogens is 380 g/mol. The lowest BCUT2D eigenvalue weighted by molar-refractivity contribution is -0.118. The Labute approximate surface area is 146 Å². The Morgan fingerprint density at radius 3 is 2.87 bits per heavy atom. The molecule has 1 amide bonds. The quantitative estimate of drug-likeness (QED) is 0.703. The summed E-state index contributed by atoms with van der Waals surface area (Å²) in [7, 11) is 0. The highest BCUT2D eigenvalue weighted by Crippen LogP contribution is 2.28. The Kier molecular flexibility index (Phi) is 4.79. The third-order valence-corrected chi connectivity index (χ3v) is 4.01. The Bertz CT molecular complexity index is 865. The second-order valence-electron chi connectivity index (χ2n) is 4.79. The predicted octanol–water partition coefficient (Wildman–Crippen LogP) is 4.67. The first kappa shape index (κ1) is 15.8. The molecule has 0 bridgehead atoms. The molecule has 0 radical (unpaired) electrons. The van der Waals surface area contributed by atoms with Crippen molar-refractivity contribution in [1.82, 2.24) is 4.98 Å². The van der Waals surface area contributed by atoms with Crippen molar-refractivity contribution in [3.63, 3.8) is 0 Å². The number of hydrogen-bond acceptors (Lipinski definition) is 3. The van der Waals surface area contributed by atoms with Gasteiger partial charge in [-0.2, -0.15) is 0 Å². The summed E-state index contributed by atoms with van der Waals surface area (Å²) in [5.74, 6) is 0.297. The van der Waals surface area contributed by atoms with Crippen LogP contribution in [0.4, 0.5) is 5.69 Å². The summed E-state index contributed by atoms with van der Waals surface area (Å²) >= 11 is 9.22. The number of benzene rings is 2. The Morgan fingerprint density at radius 2 is 2.04 bits per heavy atom. The van der Waals surface area contributed by atoms with Gasteiger partial charge in [-0.3, -0.25) is 9.78 Å². The monoisotopic (exact) mass is 390 g/mol. The highest BCUT2D eigenvalue weighted by atomic mass is 79.9. The maximum absolute atomic E-state index is 12.1. The summed E-state index contributed by atoms with van der Waals surface area (Å²) in [5, 5.41) is 4.38. The van der Waals surface area contributed by atoms with E-state index in [-0.39, 0.29) is 12.5 Å². The van der Waals surface area contributed by atoms with E-state index in [0.29, 0.717) is 20.9 Å². The van der Waals surface area contributed by atoms with Crippen LogP contribution in [-0.4, -0.2) is 17.5 Å². The number of carbonyl (C=O) groups excluding carboxylic acids is 1. The van der Waals surface area contributed by atoms with Crippen molar-refractivity contribution in [2.75, 3.05) is 11.9 Å². The number of aromatic nitrogens is 1. The van der Waals surface area contributed by atoms with E-state index in [0.717, 1.165) is 10.9 Å². The first-order valence-electron chi connectivity index (χ1n) is 6.85. The van der Waals surface area contributed by atoms with Gasteiger partial charge in [0.15, 0.2) is 6.61 Å². The zero-order chi connectivity index (χ0) is 16.2. The number of pyridine rings is 1. The lowest BCUT2D eigenvalue weighted by Crippen LogP contribution is -2.20. The van der Waals surface area contributed by atoms with Crippen molar-refractivity contribution >= 4 is 50.0 Å². The SMILES string of the molecule is O=C(COc1ccc(Cl)cc1Br)Nc1cccc2cccnc12. The van der Waals surface area contributed by atoms with Gasteiger partial charge in [0.05, 0.1) is 15.7 Å². The average molecular weight is 392 g/mol. The number of nitrogens with one attached hydrogen (secondary N) is 1. The van der Waals surface area contributed by atoms with Crippen molar-refractivity contribution in [1.29, 1.82) is 0 Å². The fourth-order valence-electron chi connectivity index (χ4n) is 2.13. The minimum absolute atomic E-state index is 0.108. The van der Waals surface area contributed by atoms with Gasteiger partial charge < -0.3 is 10.1 Å². The number of para-hydroxylation sites is 1. The van der Waals surface area contributed by atoms with Crippen LogP contribution in [0.3, 0.4) is 0 Å². The molecule has 116 valence electrons. The Morgan fingerprint density at radius 1 is 1.22 bits per heavy atom. The molecular formula is C17H12BrClN2O2. The van der Waals surface area contributed by atoms with Gasteiger partial charge in [-0.1, -0.05) is 29.8 Å². The number of fused-ring (bicyclic) bond motifs is 1. The van der Waals surface area contributed by atoms with Crippen LogP contribution < -0.4 is 10.1 Å². The van der Waals surface area contributed by atoms with Crippen LogP contribution in [0.15, 0.2) is 59.2 Å². The van der Waals surface area contributed by atoms with Crippen LogP contribution in [-0.2, 0) is 4.79 Å². The van der Waals surface area contributed by atoms with Crippen LogP contribution in [0.1, 0.15) is 0 Å². The normalized spacial score (nSPS) is 10.5. The number of hydrogen-bond donors (Lipinski definition) is 1. The number of ether oxygens (including phenoxy) is 1. The topological polar surface area (TPSA) is 51.2 Å². The highest BCUT2D eigenvalue weighted by molar-refractivity contribution is 9.10. The predicted molar refractivity (Wildman–Crippen MR) is 95.0 cm³/mol. The lowest BCUT2D eigenvalue weighted by Gasteiger charge is -2.10. The Balaban J connectivity index is 1.69. The molecule has 3 rings (SSSR count). The van der Waals surface area contributed by atoms with Crippen molar-refractivity contribution in [2.45, 2.75) is 0 Å². The van der Waals surface area contributed by atoms with Gasteiger partial charge in [-0.15, -0.1) is 0 Å². The van der Waals surface area contributed by atoms with Gasteiger partial charge in [-0.05, 0) is 46.3 Å². The molecule has 23 heavy (non-hydrogen) atoms. The minimum atomic E-state index is -0.259. The van der Waals surface area contributed by atoms with E-state index >= 15 is 0 Å². The molecule has 0 aliphatic heterocycles. The van der Waals surface area contributed by atoms with Gasteiger partial charge in [0.2, 0.25) is 0 Å². The summed E-state index contributed by atoms with van der Waals surface area (Å²) in [5.41, 5.74) is 1.41. The summed E-state index contributed by atoms with van der Waals surface area (Å²) < 4.78 is 6.20. The summed E-state index contributed by atoms with van der Waals surface area (Å²) in [6.07, 6.45) is 1.69. The lowest BCUT2D eigenvalue weighted by atomic mass is 10.2. The van der Waals surface area contributed by atoms with Gasteiger partial charge in [0, 0.05) is 16.6 Å². The number of amides is 1.